The van der Waals surface area contributed by atoms with Crippen LogP contribution in [-0.4, -0.2) is 40.0 Å². The molecule has 1 unspecified atom stereocenters. The van der Waals surface area contributed by atoms with E-state index in [0.717, 1.165) is 27.9 Å². The molecule has 0 bridgehead atoms. The fourth-order valence-corrected chi connectivity index (χ4v) is 3.13. The van der Waals surface area contributed by atoms with Crippen molar-refractivity contribution in [3.05, 3.63) is 29.8 Å². The van der Waals surface area contributed by atoms with Crippen LogP contribution in [0.4, 0.5) is 10.5 Å². The van der Waals surface area contributed by atoms with E-state index >= 15 is 0 Å². The van der Waals surface area contributed by atoms with Crippen molar-refractivity contribution in [2.45, 2.75) is 38.5 Å². The lowest BCUT2D eigenvalue weighted by Crippen LogP contribution is -2.36. The maximum absolute atomic E-state index is 12.3. The molecular weight excluding hydrogens is 316 g/mol. The third kappa shape index (κ3) is 4.72. The molecule has 124 valence electrons. The van der Waals surface area contributed by atoms with Crippen LogP contribution in [0, 0.1) is 6.92 Å². The van der Waals surface area contributed by atoms with Gasteiger partial charge in [0.15, 0.2) is 0 Å². The van der Waals surface area contributed by atoms with Gasteiger partial charge in [0.1, 0.15) is 5.25 Å². The topological polar surface area (TPSA) is 75.7 Å². The smallest absolute Gasteiger partial charge is 0.307 e. The van der Waals surface area contributed by atoms with Crippen LogP contribution in [0.2, 0.25) is 0 Å². The van der Waals surface area contributed by atoms with Crippen LogP contribution in [0.3, 0.4) is 0 Å². The summed E-state index contributed by atoms with van der Waals surface area (Å²) in [6, 6.07) is 7.65. The van der Waals surface area contributed by atoms with Crippen LogP contribution in [-0.2, 0) is 14.3 Å². The predicted molar refractivity (Wildman–Crippen MR) is 89.1 cm³/mol. The Bertz CT molecular complexity index is 618. The monoisotopic (exact) mass is 336 g/mol. The predicted octanol–water partition coefficient (Wildman–Crippen LogP) is 2.77. The van der Waals surface area contributed by atoms with Crippen molar-refractivity contribution in [1.82, 2.24) is 4.90 Å². The van der Waals surface area contributed by atoms with Crippen molar-refractivity contribution in [3.8, 4) is 0 Å². The first-order chi connectivity index (χ1) is 10.9. The highest BCUT2D eigenvalue weighted by atomic mass is 32.2. The lowest BCUT2D eigenvalue weighted by Gasteiger charge is -2.16. The minimum atomic E-state index is -0.701. The molecule has 1 fully saturated rings. The number of esters is 1. The minimum absolute atomic E-state index is 0.0872. The average molecular weight is 336 g/mol. The summed E-state index contributed by atoms with van der Waals surface area (Å²) in [4.78, 5) is 37.0. The standard InChI is InChI=1S/C16H20N2O4S/c1-10(2)22-14(19)8-13-15(20)18(16(21)23-13)9-17-12-6-4-5-11(3)7-12/h4-7,10,13,17H,8-9H2,1-3H3. The van der Waals surface area contributed by atoms with E-state index in [9.17, 15) is 14.4 Å². The van der Waals surface area contributed by atoms with E-state index < -0.39 is 11.2 Å². The van der Waals surface area contributed by atoms with Crippen LogP contribution >= 0.6 is 11.8 Å². The van der Waals surface area contributed by atoms with Crippen molar-refractivity contribution in [2.75, 3.05) is 12.0 Å². The first kappa shape index (κ1) is 17.3. The van der Waals surface area contributed by atoms with Gasteiger partial charge in [0.2, 0.25) is 5.91 Å². The number of ether oxygens (including phenoxy) is 1. The molecule has 1 aliphatic heterocycles. The van der Waals surface area contributed by atoms with Crippen molar-refractivity contribution in [3.63, 3.8) is 0 Å². The van der Waals surface area contributed by atoms with Gasteiger partial charge in [-0.05, 0) is 38.5 Å². The highest BCUT2D eigenvalue weighted by molar-refractivity contribution is 8.15. The Morgan fingerprint density at radius 3 is 2.78 bits per heavy atom. The maximum atomic E-state index is 12.3. The Balaban J connectivity index is 1.92. The van der Waals surface area contributed by atoms with E-state index in [1.165, 1.54) is 0 Å². The molecular formula is C16H20N2O4S. The number of thioether (sulfide) groups is 1. The molecule has 1 aliphatic rings. The Kier molecular flexibility index (Phi) is 5.65. The van der Waals surface area contributed by atoms with Gasteiger partial charge in [-0.1, -0.05) is 23.9 Å². The molecule has 0 spiro atoms. The van der Waals surface area contributed by atoms with Crippen LogP contribution < -0.4 is 5.32 Å². The fourth-order valence-electron chi connectivity index (χ4n) is 2.16. The summed E-state index contributed by atoms with van der Waals surface area (Å²) in [5.74, 6) is -0.826. The largest absolute Gasteiger partial charge is 0.463 e. The molecule has 0 aromatic heterocycles. The molecule has 2 amide bonds. The number of hydrogen-bond donors (Lipinski definition) is 1. The Morgan fingerprint density at radius 1 is 1.39 bits per heavy atom. The van der Waals surface area contributed by atoms with Gasteiger partial charge >= 0.3 is 5.97 Å². The molecule has 6 nitrogen and oxygen atoms in total. The number of nitrogens with one attached hydrogen (secondary N) is 1. The van der Waals surface area contributed by atoms with Gasteiger partial charge in [-0.3, -0.25) is 19.3 Å². The zero-order chi connectivity index (χ0) is 17.0. The van der Waals surface area contributed by atoms with Crippen molar-refractivity contribution < 1.29 is 19.1 Å². The van der Waals surface area contributed by atoms with Gasteiger partial charge in [-0.15, -0.1) is 0 Å². The molecule has 1 aromatic carbocycles. The molecule has 0 saturated carbocycles. The number of benzene rings is 1. The number of rotatable bonds is 6. The van der Waals surface area contributed by atoms with Gasteiger partial charge in [0.25, 0.3) is 5.24 Å². The highest BCUT2D eigenvalue weighted by Crippen LogP contribution is 2.29. The third-order valence-corrected chi connectivity index (χ3v) is 4.26. The SMILES string of the molecule is Cc1cccc(NCN2C(=O)SC(CC(=O)OC(C)C)C2=O)c1. The second kappa shape index (κ2) is 7.50. The first-order valence-electron chi connectivity index (χ1n) is 7.39. The van der Waals surface area contributed by atoms with Crippen molar-refractivity contribution >= 4 is 34.6 Å². The number of aryl methyl sites for hydroxylation is 1. The van der Waals surface area contributed by atoms with Crippen molar-refractivity contribution in [2.24, 2.45) is 0 Å². The van der Waals surface area contributed by atoms with Gasteiger partial charge in [-0.25, -0.2) is 0 Å². The van der Waals surface area contributed by atoms with Crippen LogP contribution in [0.1, 0.15) is 25.8 Å². The molecule has 0 radical (unpaired) electrons. The number of amides is 2. The third-order valence-electron chi connectivity index (χ3n) is 3.18. The second-order valence-corrected chi connectivity index (χ2v) is 6.74. The summed E-state index contributed by atoms with van der Waals surface area (Å²) in [5, 5.41) is 2.00. The van der Waals surface area contributed by atoms with Crippen LogP contribution in [0.15, 0.2) is 24.3 Å². The van der Waals surface area contributed by atoms with Gasteiger partial charge in [0.05, 0.1) is 19.2 Å². The summed E-state index contributed by atoms with van der Waals surface area (Å²) in [6.45, 7) is 5.53. The number of carbonyl (C=O) groups is 3. The Labute approximate surface area is 139 Å². The highest BCUT2D eigenvalue weighted by Gasteiger charge is 2.40. The normalized spacial score (nSPS) is 17.7. The summed E-state index contributed by atoms with van der Waals surface area (Å²) < 4.78 is 5.02. The second-order valence-electron chi connectivity index (χ2n) is 5.59. The molecule has 1 heterocycles. The van der Waals surface area contributed by atoms with Crippen LogP contribution in [0.25, 0.3) is 0 Å². The molecule has 0 aliphatic carbocycles. The first-order valence-corrected chi connectivity index (χ1v) is 8.27. The summed E-state index contributed by atoms with van der Waals surface area (Å²) in [6.07, 6.45) is -0.326. The van der Waals surface area contributed by atoms with Crippen molar-refractivity contribution in [1.29, 1.82) is 0 Å². The maximum Gasteiger partial charge on any atom is 0.307 e. The minimum Gasteiger partial charge on any atom is -0.463 e. The number of anilines is 1. The van der Waals surface area contributed by atoms with Gasteiger partial charge in [0, 0.05) is 5.69 Å². The Morgan fingerprint density at radius 2 is 2.13 bits per heavy atom. The quantitative estimate of drug-likeness (QED) is 0.805. The van der Waals surface area contributed by atoms with E-state index in [1.807, 2.05) is 31.2 Å². The molecule has 23 heavy (non-hydrogen) atoms. The zero-order valence-electron chi connectivity index (χ0n) is 13.4. The summed E-state index contributed by atoms with van der Waals surface area (Å²) in [7, 11) is 0. The lowest BCUT2D eigenvalue weighted by molar-refractivity contribution is -0.148. The number of nitrogens with zero attached hydrogens (tertiary/aromatic N) is 1. The van der Waals surface area contributed by atoms with E-state index in [-0.39, 0.29) is 30.3 Å². The fraction of sp³-hybridized carbons (Fsp3) is 0.438. The van der Waals surface area contributed by atoms with E-state index in [2.05, 4.69) is 5.32 Å². The lowest BCUT2D eigenvalue weighted by atomic mass is 10.2. The number of imide groups is 1. The molecule has 7 heteroatoms. The summed E-state index contributed by atoms with van der Waals surface area (Å²) in [5.41, 5.74) is 1.91. The molecule has 1 aromatic rings. The molecule has 1 saturated heterocycles. The van der Waals surface area contributed by atoms with E-state index in [0.29, 0.717) is 0 Å². The Hall–Kier alpha value is -2.02. The van der Waals surface area contributed by atoms with Crippen LogP contribution in [0.5, 0.6) is 0 Å². The molecule has 1 N–H and O–H groups in total. The average Bonchev–Trinajstić information content (AvgIpc) is 2.70. The number of hydrogen-bond acceptors (Lipinski definition) is 6. The molecule has 2 rings (SSSR count). The van der Waals surface area contributed by atoms with E-state index in [1.54, 1.807) is 13.8 Å². The number of carbonyl (C=O) groups excluding carboxylic acids is 3. The molecule has 1 atom stereocenters. The summed E-state index contributed by atoms with van der Waals surface area (Å²) >= 11 is 0.872. The zero-order valence-corrected chi connectivity index (χ0v) is 14.2. The van der Waals surface area contributed by atoms with Gasteiger partial charge in [-0.2, -0.15) is 0 Å². The van der Waals surface area contributed by atoms with Gasteiger partial charge < -0.3 is 10.1 Å². The van der Waals surface area contributed by atoms with E-state index in [4.69, 9.17) is 4.74 Å².